The molecule has 0 aliphatic heterocycles. The van der Waals surface area contributed by atoms with Crippen molar-refractivity contribution in [1.82, 2.24) is 0 Å². The molecule has 0 saturated carbocycles. The van der Waals surface area contributed by atoms with Crippen molar-refractivity contribution in [3.63, 3.8) is 0 Å². The van der Waals surface area contributed by atoms with Crippen LogP contribution in [0.3, 0.4) is 0 Å². The van der Waals surface area contributed by atoms with Gasteiger partial charge in [0.25, 0.3) is 5.69 Å². The van der Waals surface area contributed by atoms with Crippen LogP contribution in [0, 0.1) is 10.1 Å². The van der Waals surface area contributed by atoms with Gasteiger partial charge in [-0.25, -0.2) is 0 Å². The first-order chi connectivity index (χ1) is 8.17. The maximum atomic E-state index is 10.7. The van der Waals surface area contributed by atoms with Gasteiger partial charge >= 0.3 is 0 Å². The Morgan fingerprint density at radius 3 is 2.88 bits per heavy atom. The fraction of sp³-hybridized carbons (Fsp3) is 0.333. The zero-order valence-corrected chi connectivity index (χ0v) is 9.81. The fourth-order valence-corrected chi connectivity index (χ4v) is 1.36. The Labute approximate surface area is 100 Å². The molecule has 5 nitrogen and oxygen atoms in total. The van der Waals surface area contributed by atoms with Gasteiger partial charge in [-0.15, -0.1) is 6.58 Å². The van der Waals surface area contributed by atoms with E-state index in [4.69, 9.17) is 4.74 Å². The summed E-state index contributed by atoms with van der Waals surface area (Å²) >= 11 is 0. The molecule has 0 amide bonds. The SMILES string of the molecule is C=CCCNc1cc(OCC)cc([N+](=O)[O-])c1. The topological polar surface area (TPSA) is 64.4 Å². The van der Waals surface area contributed by atoms with E-state index in [0.717, 1.165) is 6.42 Å². The van der Waals surface area contributed by atoms with Gasteiger partial charge in [0, 0.05) is 24.4 Å². The monoisotopic (exact) mass is 236 g/mol. The van der Waals surface area contributed by atoms with E-state index in [-0.39, 0.29) is 5.69 Å². The summed E-state index contributed by atoms with van der Waals surface area (Å²) in [6, 6.07) is 4.66. The lowest BCUT2D eigenvalue weighted by atomic mass is 10.2. The molecule has 1 N–H and O–H groups in total. The summed E-state index contributed by atoms with van der Waals surface area (Å²) in [4.78, 5) is 10.3. The van der Waals surface area contributed by atoms with E-state index in [2.05, 4.69) is 11.9 Å². The summed E-state index contributed by atoms with van der Waals surface area (Å²) in [5.74, 6) is 0.503. The van der Waals surface area contributed by atoms with Gasteiger partial charge in [0.2, 0.25) is 0 Å². The third-order valence-electron chi connectivity index (χ3n) is 2.09. The number of nitro groups is 1. The maximum Gasteiger partial charge on any atom is 0.275 e. The molecule has 0 aromatic heterocycles. The van der Waals surface area contributed by atoms with Crippen LogP contribution < -0.4 is 10.1 Å². The highest BCUT2D eigenvalue weighted by molar-refractivity contribution is 5.56. The summed E-state index contributed by atoms with van der Waals surface area (Å²) in [6.45, 7) is 6.62. The largest absolute Gasteiger partial charge is 0.494 e. The number of nitro benzene ring substituents is 1. The number of nitrogens with zero attached hydrogens (tertiary/aromatic N) is 1. The molecule has 0 bridgehead atoms. The smallest absolute Gasteiger partial charge is 0.275 e. The summed E-state index contributed by atoms with van der Waals surface area (Å²) in [5, 5.41) is 13.8. The second-order valence-electron chi connectivity index (χ2n) is 3.41. The molecule has 0 fully saturated rings. The quantitative estimate of drug-likeness (QED) is 0.342. The molecule has 17 heavy (non-hydrogen) atoms. The van der Waals surface area contributed by atoms with Crippen LogP contribution in [0.1, 0.15) is 13.3 Å². The number of benzene rings is 1. The van der Waals surface area contributed by atoms with Crippen LogP contribution in [0.2, 0.25) is 0 Å². The van der Waals surface area contributed by atoms with Gasteiger partial charge in [0.15, 0.2) is 0 Å². The molecule has 1 aromatic carbocycles. The minimum Gasteiger partial charge on any atom is -0.494 e. The van der Waals surface area contributed by atoms with Crippen LogP contribution >= 0.6 is 0 Å². The standard InChI is InChI=1S/C12H16N2O3/c1-3-5-6-13-10-7-11(14(15)16)9-12(8-10)17-4-2/h3,7-9,13H,1,4-6H2,2H3. The normalized spacial score (nSPS) is 9.71. The summed E-state index contributed by atoms with van der Waals surface area (Å²) in [5.41, 5.74) is 0.710. The van der Waals surface area contributed by atoms with Gasteiger partial charge in [-0.05, 0) is 13.3 Å². The predicted molar refractivity (Wildman–Crippen MR) is 67.6 cm³/mol. The highest BCUT2D eigenvalue weighted by Gasteiger charge is 2.10. The molecule has 1 aromatic rings. The molecule has 0 spiro atoms. The number of rotatable bonds is 7. The number of non-ortho nitro benzene ring substituents is 1. The molecule has 0 saturated heterocycles. The zero-order chi connectivity index (χ0) is 12.7. The Morgan fingerprint density at radius 2 is 2.29 bits per heavy atom. The highest BCUT2D eigenvalue weighted by atomic mass is 16.6. The van der Waals surface area contributed by atoms with E-state index in [9.17, 15) is 10.1 Å². The molecule has 0 aliphatic carbocycles. The molecule has 92 valence electrons. The van der Waals surface area contributed by atoms with Crippen LogP contribution in [0.5, 0.6) is 5.75 Å². The molecular weight excluding hydrogens is 220 g/mol. The lowest BCUT2D eigenvalue weighted by molar-refractivity contribution is -0.384. The maximum absolute atomic E-state index is 10.7. The fourth-order valence-electron chi connectivity index (χ4n) is 1.36. The van der Waals surface area contributed by atoms with Gasteiger partial charge in [0.05, 0.1) is 17.6 Å². The van der Waals surface area contributed by atoms with Gasteiger partial charge in [0.1, 0.15) is 5.75 Å². The van der Waals surface area contributed by atoms with E-state index in [0.29, 0.717) is 24.6 Å². The average Bonchev–Trinajstić information content (AvgIpc) is 2.29. The summed E-state index contributed by atoms with van der Waals surface area (Å²) in [6.07, 6.45) is 2.58. The first kappa shape index (κ1) is 13.0. The molecule has 0 aliphatic rings. The van der Waals surface area contributed by atoms with Crippen LogP contribution in [0.4, 0.5) is 11.4 Å². The minimum atomic E-state index is -0.429. The summed E-state index contributed by atoms with van der Waals surface area (Å²) in [7, 11) is 0. The van der Waals surface area contributed by atoms with E-state index in [1.165, 1.54) is 12.1 Å². The first-order valence-corrected chi connectivity index (χ1v) is 5.44. The lowest BCUT2D eigenvalue weighted by Crippen LogP contribution is -2.02. The van der Waals surface area contributed by atoms with Crippen molar-refractivity contribution in [2.24, 2.45) is 0 Å². The van der Waals surface area contributed by atoms with E-state index >= 15 is 0 Å². The Morgan fingerprint density at radius 1 is 1.53 bits per heavy atom. The van der Waals surface area contributed by atoms with Crippen molar-refractivity contribution in [3.8, 4) is 5.75 Å². The number of hydrogen-bond donors (Lipinski definition) is 1. The van der Waals surface area contributed by atoms with E-state index in [1.54, 1.807) is 12.1 Å². The lowest BCUT2D eigenvalue weighted by Gasteiger charge is -2.08. The average molecular weight is 236 g/mol. The Bertz CT molecular complexity index is 405. The number of anilines is 1. The van der Waals surface area contributed by atoms with Crippen molar-refractivity contribution >= 4 is 11.4 Å². The predicted octanol–water partition coefficient (Wildman–Crippen LogP) is 2.98. The molecule has 0 atom stereocenters. The molecule has 0 radical (unpaired) electrons. The van der Waals surface area contributed by atoms with Crippen molar-refractivity contribution in [2.75, 3.05) is 18.5 Å². The number of nitrogens with one attached hydrogen (secondary N) is 1. The first-order valence-electron chi connectivity index (χ1n) is 5.44. The minimum absolute atomic E-state index is 0.0250. The van der Waals surface area contributed by atoms with Gasteiger partial charge < -0.3 is 10.1 Å². The Kier molecular flexibility index (Phi) is 5.00. The van der Waals surface area contributed by atoms with Crippen molar-refractivity contribution < 1.29 is 9.66 Å². The van der Waals surface area contributed by atoms with Crippen LogP contribution in [-0.4, -0.2) is 18.1 Å². The van der Waals surface area contributed by atoms with Gasteiger partial charge in [-0.1, -0.05) is 6.08 Å². The van der Waals surface area contributed by atoms with E-state index < -0.39 is 4.92 Å². The van der Waals surface area contributed by atoms with Gasteiger partial charge in [-0.2, -0.15) is 0 Å². The summed E-state index contributed by atoms with van der Waals surface area (Å²) < 4.78 is 5.28. The zero-order valence-electron chi connectivity index (χ0n) is 9.81. The third kappa shape index (κ3) is 4.14. The van der Waals surface area contributed by atoms with Crippen LogP contribution in [0.15, 0.2) is 30.9 Å². The Hall–Kier alpha value is -2.04. The number of hydrogen-bond acceptors (Lipinski definition) is 4. The molecular formula is C12H16N2O3. The molecule has 0 unspecified atom stereocenters. The van der Waals surface area contributed by atoms with Crippen LogP contribution in [0.25, 0.3) is 0 Å². The Balaban J connectivity index is 2.86. The molecule has 1 rings (SSSR count). The second-order valence-corrected chi connectivity index (χ2v) is 3.41. The number of ether oxygens (including phenoxy) is 1. The van der Waals surface area contributed by atoms with Gasteiger partial charge in [-0.3, -0.25) is 10.1 Å². The second kappa shape index (κ2) is 6.52. The van der Waals surface area contributed by atoms with Crippen molar-refractivity contribution in [3.05, 3.63) is 41.0 Å². The van der Waals surface area contributed by atoms with E-state index in [1.807, 2.05) is 6.92 Å². The van der Waals surface area contributed by atoms with Crippen molar-refractivity contribution in [2.45, 2.75) is 13.3 Å². The van der Waals surface area contributed by atoms with Crippen LogP contribution in [-0.2, 0) is 0 Å². The highest BCUT2D eigenvalue weighted by Crippen LogP contribution is 2.25. The van der Waals surface area contributed by atoms with Crippen molar-refractivity contribution in [1.29, 1.82) is 0 Å². The molecule has 5 heteroatoms. The third-order valence-corrected chi connectivity index (χ3v) is 2.09. The molecule has 0 heterocycles.